The zero-order valence-corrected chi connectivity index (χ0v) is 11.8. The normalized spacial score (nSPS) is 9.42. The molecule has 0 heterocycles. The monoisotopic (exact) mass is 368 g/mol. The van der Waals surface area contributed by atoms with E-state index in [0.717, 1.165) is 0 Å². The second-order valence-corrected chi connectivity index (χ2v) is 2.78. The molecule has 1 radical (unpaired) electrons. The zero-order valence-electron chi connectivity index (χ0n) is 7.04. The van der Waals surface area contributed by atoms with Crippen molar-refractivity contribution in [1.29, 1.82) is 0 Å². The largest absolute Gasteiger partial charge is 0.183 e. The third kappa shape index (κ3) is 2.09. The molecule has 0 aromatic heterocycles. The molecule has 0 saturated heterocycles. The molecule has 0 nitrogen and oxygen atoms in total. The van der Waals surface area contributed by atoms with Gasteiger partial charge in [0.25, 0.3) is 0 Å². The first-order valence-electron chi connectivity index (χ1n) is 3.73. The van der Waals surface area contributed by atoms with Gasteiger partial charge < -0.3 is 0 Å². The maximum Gasteiger partial charge on any atom is 0 e. The van der Waals surface area contributed by atoms with E-state index in [1.807, 2.05) is 12.1 Å². The summed E-state index contributed by atoms with van der Waals surface area (Å²) in [4.78, 5) is 0. The van der Waals surface area contributed by atoms with E-state index in [0.29, 0.717) is 0 Å². The van der Waals surface area contributed by atoms with Gasteiger partial charge in [0.05, 0.1) is 0 Å². The molecule has 0 spiro atoms. The molecular formula is C11H9Ac-. The van der Waals surface area contributed by atoms with Crippen LogP contribution < -0.4 is 0 Å². The van der Waals surface area contributed by atoms with Crippen molar-refractivity contribution in [3.05, 3.63) is 48.0 Å². The Hall–Kier alpha value is 0.142. The van der Waals surface area contributed by atoms with Crippen LogP contribution in [-0.2, 0) is 0 Å². The summed E-state index contributed by atoms with van der Waals surface area (Å²) < 4.78 is 0. The summed E-state index contributed by atoms with van der Waals surface area (Å²) in [6.45, 7) is 2.11. The summed E-state index contributed by atoms with van der Waals surface area (Å²) in [5, 5.41) is 2.56. The van der Waals surface area contributed by atoms with Gasteiger partial charge in [0.15, 0.2) is 0 Å². The molecular weight excluding hydrogens is 359 g/mol. The Balaban J connectivity index is 0.000000720. The van der Waals surface area contributed by atoms with Crippen LogP contribution in [0.2, 0.25) is 0 Å². The van der Waals surface area contributed by atoms with Crippen LogP contribution in [0.3, 0.4) is 0 Å². The van der Waals surface area contributed by atoms with Crippen molar-refractivity contribution < 1.29 is 44.1 Å². The van der Waals surface area contributed by atoms with Crippen LogP contribution in [0, 0.1) is 57.1 Å². The van der Waals surface area contributed by atoms with Crippen LogP contribution in [0.25, 0.3) is 10.8 Å². The van der Waals surface area contributed by atoms with Gasteiger partial charge in [-0.15, -0.1) is 16.8 Å². The summed E-state index contributed by atoms with van der Waals surface area (Å²) in [5.74, 6) is 0. The van der Waals surface area contributed by atoms with Gasteiger partial charge in [-0.3, -0.25) is 0 Å². The van der Waals surface area contributed by atoms with Crippen LogP contribution in [0.4, 0.5) is 0 Å². The first kappa shape index (κ1) is 10.2. The van der Waals surface area contributed by atoms with E-state index in [2.05, 4.69) is 37.3 Å². The van der Waals surface area contributed by atoms with E-state index in [1.165, 1.54) is 16.3 Å². The van der Waals surface area contributed by atoms with E-state index in [-0.39, 0.29) is 44.1 Å². The Morgan fingerprint density at radius 2 is 1.92 bits per heavy atom. The maximum atomic E-state index is 3.05. The van der Waals surface area contributed by atoms with Crippen LogP contribution >= 0.6 is 0 Å². The summed E-state index contributed by atoms with van der Waals surface area (Å²) >= 11 is 0. The van der Waals surface area contributed by atoms with E-state index in [4.69, 9.17) is 0 Å². The molecule has 2 rings (SSSR count). The van der Waals surface area contributed by atoms with Crippen molar-refractivity contribution in [3.8, 4) is 0 Å². The first-order chi connectivity index (χ1) is 5.36. The van der Waals surface area contributed by atoms with E-state index < -0.39 is 0 Å². The minimum absolute atomic E-state index is 0. The quantitative estimate of drug-likeness (QED) is 0.628. The van der Waals surface area contributed by atoms with Gasteiger partial charge in [-0.25, -0.2) is 0 Å². The average Bonchev–Trinajstić information content (AvgIpc) is 2.04. The molecule has 2 aromatic carbocycles. The Morgan fingerprint density at radius 3 is 2.75 bits per heavy atom. The second kappa shape index (κ2) is 4.40. The smallest absolute Gasteiger partial charge is 0 e. The third-order valence-corrected chi connectivity index (χ3v) is 1.84. The average molecular weight is 368 g/mol. The molecule has 0 saturated carbocycles. The standard InChI is InChI=1S/C11H9.Ac/c1-9-6-7-10-4-2-3-5-11(10)8-9;/h3-8H,1H3;/q-1;. The van der Waals surface area contributed by atoms with Crippen molar-refractivity contribution in [2.24, 2.45) is 0 Å². The molecule has 0 bridgehead atoms. The first-order valence-corrected chi connectivity index (χ1v) is 3.73. The summed E-state index contributed by atoms with van der Waals surface area (Å²) in [5.41, 5.74) is 1.31. The second-order valence-electron chi connectivity index (χ2n) is 2.78. The molecule has 0 atom stereocenters. The van der Waals surface area contributed by atoms with Crippen LogP contribution in [0.1, 0.15) is 5.56 Å². The molecule has 0 unspecified atom stereocenters. The van der Waals surface area contributed by atoms with Gasteiger partial charge in [-0.2, -0.15) is 24.3 Å². The number of hydrogen-bond donors (Lipinski definition) is 0. The van der Waals surface area contributed by atoms with Gasteiger partial charge in [-0.1, -0.05) is 17.7 Å². The number of fused-ring (bicyclic) bond motifs is 1. The summed E-state index contributed by atoms with van der Waals surface area (Å²) in [7, 11) is 0. The molecule has 0 fully saturated rings. The van der Waals surface area contributed by atoms with Crippen LogP contribution in [-0.4, -0.2) is 0 Å². The number of hydrogen-bond acceptors (Lipinski definition) is 0. The van der Waals surface area contributed by atoms with Crippen molar-refractivity contribution in [1.82, 2.24) is 0 Å². The molecule has 1 heteroatoms. The van der Waals surface area contributed by atoms with Crippen molar-refractivity contribution in [3.63, 3.8) is 0 Å². The zero-order chi connectivity index (χ0) is 7.68. The molecule has 12 heavy (non-hydrogen) atoms. The van der Waals surface area contributed by atoms with Gasteiger partial charge in [0.1, 0.15) is 0 Å². The fourth-order valence-electron chi connectivity index (χ4n) is 1.25. The van der Waals surface area contributed by atoms with Gasteiger partial charge in [0, 0.05) is 44.1 Å². The molecule has 0 aliphatic rings. The number of aryl methyl sites for hydroxylation is 1. The molecule has 0 aliphatic heterocycles. The Labute approximate surface area is 109 Å². The van der Waals surface area contributed by atoms with Gasteiger partial charge in [0.2, 0.25) is 0 Å². The summed E-state index contributed by atoms with van der Waals surface area (Å²) in [6, 6.07) is 15.5. The van der Waals surface area contributed by atoms with Crippen LogP contribution in [0.15, 0.2) is 36.4 Å². The predicted molar refractivity (Wildman–Crippen MR) is 47.5 cm³/mol. The predicted octanol–water partition coefficient (Wildman–Crippen LogP) is 2.95. The maximum absolute atomic E-state index is 3.05. The van der Waals surface area contributed by atoms with Gasteiger partial charge in [-0.05, 0) is 6.92 Å². The number of benzene rings is 2. The molecule has 0 amide bonds. The fraction of sp³-hybridized carbons (Fsp3) is 0.0909. The SMILES string of the molecule is Cc1ccc2c[c-]ccc2c1.[Ac]. The van der Waals surface area contributed by atoms with E-state index >= 15 is 0 Å². The summed E-state index contributed by atoms with van der Waals surface area (Å²) in [6.07, 6.45) is 0. The number of rotatable bonds is 0. The van der Waals surface area contributed by atoms with Crippen molar-refractivity contribution >= 4 is 10.8 Å². The Bertz CT molecular complexity index is 379. The van der Waals surface area contributed by atoms with Crippen molar-refractivity contribution in [2.45, 2.75) is 6.92 Å². The van der Waals surface area contributed by atoms with Gasteiger partial charge >= 0.3 is 0 Å². The van der Waals surface area contributed by atoms with E-state index in [1.54, 1.807) is 0 Å². The van der Waals surface area contributed by atoms with E-state index in [9.17, 15) is 0 Å². The fourth-order valence-corrected chi connectivity index (χ4v) is 1.25. The molecule has 57 valence electrons. The van der Waals surface area contributed by atoms with Crippen molar-refractivity contribution in [2.75, 3.05) is 0 Å². The Morgan fingerprint density at radius 1 is 1.08 bits per heavy atom. The molecule has 0 aliphatic carbocycles. The van der Waals surface area contributed by atoms with Crippen LogP contribution in [0.5, 0.6) is 0 Å². The topological polar surface area (TPSA) is 0 Å². The third-order valence-electron chi connectivity index (χ3n) is 1.84. The minimum Gasteiger partial charge on any atom is -0.183 e. The molecule has 2 aromatic rings. The Kier molecular flexibility index (Phi) is 3.75. The molecule has 0 N–H and O–H groups in total. The minimum atomic E-state index is 0.